The molecule has 38 heavy (non-hydrogen) atoms. The quantitative estimate of drug-likeness (QED) is 0.124. The van der Waals surface area contributed by atoms with E-state index in [-0.39, 0.29) is 54.7 Å². The monoisotopic (exact) mass is 543 g/mol. The molecule has 0 spiro atoms. The van der Waals surface area contributed by atoms with Gasteiger partial charge in [-0.1, -0.05) is 93.5 Å². The lowest BCUT2D eigenvalue weighted by Gasteiger charge is -2.29. The van der Waals surface area contributed by atoms with Crippen LogP contribution in [0.15, 0.2) is 70.9 Å². The number of carbonyl (C=O) groups excluding carboxylic acids is 4. The molecule has 6 nitrogen and oxygen atoms in total. The molecule has 7 heteroatoms. The summed E-state index contributed by atoms with van der Waals surface area (Å²) < 4.78 is 5.46. The van der Waals surface area contributed by atoms with Crippen LogP contribution in [0.4, 0.5) is 0 Å². The molecule has 0 bridgehead atoms. The molecule has 0 unspecified atom stereocenters. The van der Waals surface area contributed by atoms with Crippen molar-refractivity contribution in [2.45, 2.75) is 86.3 Å². The second-order valence-corrected chi connectivity index (χ2v) is 11.3. The van der Waals surface area contributed by atoms with Gasteiger partial charge in [0, 0.05) is 48.3 Å². The molecule has 1 rings (SSSR count). The fourth-order valence-corrected chi connectivity index (χ4v) is 3.82. The van der Waals surface area contributed by atoms with Crippen molar-refractivity contribution in [2.24, 2.45) is 11.3 Å². The van der Waals surface area contributed by atoms with Gasteiger partial charge in [0.2, 0.25) is 5.91 Å². The number of allylic oxidation sites excluding steroid dienone is 8. The Morgan fingerprint density at radius 3 is 2.34 bits per heavy atom. The predicted molar refractivity (Wildman–Crippen MR) is 153 cm³/mol. The van der Waals surface area contributed by atoms with Crippen molar-refractivity contribution in [3.63, 3.8) is 0 Å². The summed E-state index contributed by atoms with van der Waals surface area (Å²) in [5.74, 6) is -0.699. The van der Waals surface area contributed by atoms with Gasteiger partial charge in [0.05, 0.1) is 6.04 Å². The van der Waals surface area contributed by atoms with E-state index in [1.54, 1.807) is 44.2 Å². The summed E-state index contributed by atoms with van der Waals surface area (Å²) in [5.41, 5.74) is 1.14. The smallest absolute Gasteiger partial charge is 0.333 e. The number of cyclic esters (lactones) is 1. The average molecular weight is 544 g/mol. The van der Waals surface area contributed by atoms with Gasteiger partial charge in [-0.3, -0.25) is 14.4 Å². The first-order chi connectivity index (χ1) is 17.7. The number of Topliss-reactive ketones (excluding diaryl/α,β-unsaturated/α-hetero) is 2. The van der Waals surface area contributed by atoms with E-state index in [4.69, 9.17) is 16.3 Å². The highest BCUT2D eigenvalue weighted by molar-refractivity contribution is 6.29. The van der Waals surface area contributed by atoms with E-state index >= 15 is 0 Å². The highest BCUT2D eigenvalue weighted by Crippen LogP contribution is 2.23. The van der Waals surface area contributed by atoms with Crippen LogP contribution in [0.25, 0.3) is 0 Å². The Bertz CT molecular complexity index is 1050. The molecule has 0 aromatic heterocycles. The number of ketones is 2. The van der Waals surface area contributed by atoms with Crippen LogP contribution in [0.5, 0.6) is 0 Å². The number of ether oxygens (including phenoxy) is 1. The van der Waals surface area contributed by atoms with Crippen LogP contribution in [0.3, 0.4) is 0 Å². The maximum absolute atomic E-state index is 12.8. The fourth-order valence-electron chi connectivity index (χ4n) is 3.74. The Kier molecular flexibility index (Phi) is 14.0. The summed E-state index contributed by atoms with van der Waals surface area (Å²) >= 11 is 5.74. The summed E-state index contributed by atoms with van der Waals surface area (Å²) in [5, 5.41) is 3.38. The highest BCUT2D eigenvalue weighted by atomic mass is 35.5. The van der Waals surface area contributed by atoms with Gasteiger partial charge in [-0.2, -0.15) is 0 Å². The maximum atomic E-state index is 12.8. The number of hydrogen-bond donors (Lipinski definition) is 1. The molecule has 1 heterocycles. The summed E-state index contributed by atoms with van der Waals surface area (Å²) in [4.78, 5) is 48.9. The Hall–Kier alpha value is -2.99. The number of amides is 1. The van der Waals surface area contributed by atoms with Crippen LogP contribution in [-0.4, -0.2) is 35.6 Å². The summed E-state index contributed by atoms with van der Waals surface area (Å²) in [6.07, 6.45) is 16.7. The van der Waals surface area contributed by atoms with E-state index in [1.807, 2.05) is 52.8 Å². The molecule has 208 valence electrons. The van der Waals surface area contributed by atoms with E-state index in [9.17, 15) is 19.2 Å². The third-order valence-electron chi connectivity index (χ3n) is 5.98. The van der Waals surface area contributed by atoms with Crippen LogP contribution in [-0.2, 0) is 23.9 Å². The zero-order chi connectivity index (χ0) is 28.9. The fraction of sp³-hybridized carbons (Fsp3) is 0.484. The lowest BCUT2D eigenvalue weighted by atomic mass is 9.83. The van der Waals surface area contributed by atoms with E-state index in [1.165, 1.54) is 6.08 Å². The van der Waals surface area contributed by atoms with Crippen LogP contribution in [0.1, 0.15) is 74.1 Å². The summed E-state index contributed by atoms with van der Waals surface area (Å²) in [6, 6.07) is -0.677. The second kappa shape index (κ2) is 16.1. The lowest BCUT2D eigenvalue weighted by Crippen LogP contribution is -2.48. The minimum absolute atomic E-state index is 0.0109. The van der Waals surface area contributed by atoms with Crippen molar-refractivity contribution in [1.82, 2.24) is 5.32 Å². The predicted octanol–water partition coefficient (Wildman–Crippen LogP) is 6.48. The van der Waals surface area contributed by atoms with Gasteiger partial charge in [-0.25, -0.2) is 4.79 Å². The third kappa shape index (κ3) is 13.0. The van der Waals surface area contributed by atoms with Crippen molar-refractivity contribution in [2.75, 3.05) is 0 Å². The van der Waals surface area contributed by atoms with Crippen molar-refractivity contribution in [3.8, 4) is 0 Å². The van der Waals surface area contributed by atoms with Gasteiger partial charge in [0.1, 0.15) is 11.9 Å². The number of carbonyl (C=O) groups is 4. The molecular formula is C31H42ClNO5. The second-order valence-electron chi connectivity index (χ2n) is 10.7. The maximum Gasteiger partial charge on any atom is 0.333 e. The van der Waals surface area contributed by atoms with Crippen LogP contribution >= 0.6 is 11.6 Å². The highest BCUT2D eigenvalue weighted by Gasteiger charge is 2.31. The average Bonchev–Trinajstić information content (AvgIpc) is 2.82. The van der Waals surface area contributed by atoms with E-state index < -0.39 is 11.5 Å². The number of rotatable bonds is 13. The molecule has 0 aromatic carbocycles. The molecule has 0 radical (unpaired) electrons. The zero-order valence-corrected chi connectivity index (χ0v) is 24.4. The van der Waals surface area contributed by atoms with Crippen LogP contribution in [0, 0.1) is 11.3 Å². The molecular weight excluding hydrogens is 502 g/mol. The van der Waals surface area contributed by atoms with E-state index in [2.05, 4.69) is 5.32 Å². The first-order valence-corrected chi connectivity index (χ1v) is 13.3. The molecule has 1 N–H and O–H groups in total. The van der Waals surface area contributed by atoms with Crippen molar-refractivity contribution < 1.29 is 23.9 Å². The van der Waals surface area contributed by atoms with Gasteiger partial charge < -0.3 is 10.1 Å². The number of hydrogen-bond acceptors (Lipinski definition) is 5. The molecule has 0 saturated carbocycles. The molecule has 3 atom stereocenters. The normalized spacial score (nSPS) is 19.0. The SMILES string of the molecule is CC1=CC[C@@H]([C@@H](C)/C=C(C)/C=C\C=C/C(=O)N[C@H](C(=O)C/C=C\CC(=O)C/C=C(\C)Cl)C(C)(C)C)OC1=O. The number of esters is 1. The molecule has 0 aliphatic carbocycles. The standard InChI is InChI=1S/C31H42ClNO5/c1-21(20-23(3)27-19-16-22(2)30(37)38-27)12-8-11-15-28(36)33-29(31(5,6)7)26(35)14-10-9-13-25(34)18-17-24(4)32/h8-12,15-17,20,23,27,29H,13-14,18-19H2,1-7H3,(H,33,36)/b10-9-,12-8-,15-11-,21-20+,24-17+/t23-,27-,29+/m0/s1. The molecule has 0 aromatic rings. The Morgan fingerprint density at radius 2 is 1.74 bits per heavy atom. The van der Waals surface area contributed by atoms with Crippen LogP contribution < -0.4 is 5.32 Å². The van der Waals surface area contributed by atoms with E-state index in [0.29, 0.717) is 17.0 Å². The Labute approximate surface area is 232 Å². The van der Waals surface area contributed by atoms with Crippen molar-refractivity contribution in [3.05, 3.63) is 70.9 Å². The van der Waals surface area contributed by atoms with Gasteiger partial charge in [-0.15, -0.1) is 0 Å². The summed E-state index contributed by atoms with van der Waals surface area (Å²) in [6.45, 7) is 13.1. The van der Waals surface area contributed by atoms with Crippen LogP contribution in [0.2, 0.25) is 0 Å². The molecule has 1 aliphatic heterocycles. The lowest BCUT2D eigenvalue weighted by molar-refractivity contribution is -0.147. The Balaban J connectivity index is 2.64. The first kappa shape index (κ1) is 33.0. The number of halogens is 1. The minimum Gasteiger partial charge on any atom is -0.458 e. The van der Waals surface area contributed by atoms with Gasteiger partial charge in [0.15, 0.2) is 5.78 Å². The first-order valence-electron chi connectivity index (χ1n) is 12.9. The minimum atomic E-state index is -0.677. The molecule has 0 saturated heterocycles. The van der Waals surface area contributed by atoms with Crippen molar-refractivity contribution >= 4 is 35.0 Å². The summed E-state index contributed by atoms with van der Waals surface area (Å²) in [7, 11) is 0. The Morgan fingerprint density at radius 1 is 1.11 bits per heavy atom. The molecule has 1 amide bonds. The zero-order valence-electron chi connectivity index (χ0n) is 23.7. The van der Waals surface area contributed by atoms with Gasteiger partial charge in [0.25, 0.3) is 0 Å². The van der Waals surface area contributed by atoms with Gasteiger partial charge in [-0.05, 0) is 26.2 Å². The molecule has 0 fully saturated rings. The number of nitrogens with one attached hydrogen (secondary N) is 1. The third-order valence-corrected chi connectivity index (χ3v) is 6.14. The largest absolute Gasteiger partial charge is 0.458 e. The van der Waals surface area contributed by atoms with Crippen molar-refractivity contribution in [1.29, 1.82) is 0 Å². The molecule has 1 aliphatic rings. The van der Waals surface area contributed by atoms with Gasteiger partial charge >= 0.3 is 5.97 Å². The van der Waals surface area contributed by atoms with E-state index in [0.717, 1.165) is 5.57 Å². The topological polar surface area (TPSA) is 89.5 Å².